The molecular weight excluding hydrogens is 304 g/mol. The minimum atomic E-state index is 0.329. The molecule has 1 aliphatic carbocycles. The fourth-order valence-electron chi connectivity index (χ4n) is 3.48. The standard InChI is InChI=1S/C17H20N6O/c1-11-10-24-7-6-22(11)16-8-13(12-2-3-12)15-9-18-17(23(15)21-16)14-4-5-19-20-14/h4-5,8-9,11-12H,2-3,6-7,10H2,1H3,(H,19,20). The molecule has 2 fully saturated rings. The summed E-state index contributed by atoms with van der Waals surface area (Å²) < 4.78 is 7.55. The van der Waals surface area contributed by atoms with E-state index in [1.54, 1.807) is 6.20 Å². The van der Waals surface area contributed by atoms with Crippen LogP contribution in [0.25, 0.3) is 17.0 Å². The Morgan fingerprint density at radius 1 is 1.33 bits per heavy atom. The second kappa shape index (κ2) is 5.31. The summed E-state index contributed by atoms with van der Waals surface area (Å²) in [6.07, 6.45) is 6.18. The van der Waals surface area contributed by atoms with Gasteiger partial charge >= 0.3 is 0 Å². The number of fused-ring (bicyclic) bond motifs is 1. The van der Waals surface area contributed by atoms with Gasteiger partial charge in [0, 0.05) is 12.7 Å². The molecule has 4 heterocycles. The van der Waals surface area contributed by atoms with Gasteiger partial charge in [0.25, 0.3) is 0 Å². The zero-order chi connectivity index (χ0) is 16.1. The lowest BCUT2D eigenvalue weighted by molar-refractivity contribution is 0.0984. The third-order valence-corrected chi connectivity index (χ3v) is 4.94. The van der Waals surface area contributed by atoms with E-state index >= 15 is 0 Å². The average molecular weight is 324 g/mol. The van der Waals surface area contributed by atoms with Crippen LogP contribution in [-0.2, 0) is 4.74 Å². The van der Waals surface area contributed by atoms with E-state index in [1.807, 2.05) is 16.8 Å². The van der Waals surface area contributed by atoms with E-state index in [2.05, 4.69) is 33.1 Å². The predicted octanol–water partition coefficient (Wildman–Crippen LogP) is 2.22. The molecule has 3 aromatic heterocycles. The number of anilines is 1. The molecule has 1 unspecified atom stereocenters. The molecule has 24 heavy (non-hydrogen) atoms. The van der Waals surface area contributed by atoms with Gasteiger partial charge in [0.2, 0.25) is 0 Å². The van der Waals surface area contributed by atoms with Crippen LogP contribution >= 0.6 is 0 Å². The van der Waals surface area contributed by atoms with Crippen molar-refractivity contribution < 1.29 is 4.74 Å². The summed E-state index contributed by atoms with van der Waals surface area (Å²) in [6, 6.07) is 4.51. The van der Waals surface area contributed by atoms with Gasteiger partial charge in [-0.3, -0.25) is 5.10 Å². The Kier molecular flexibility index (Phi) is 3.09. The van der Waals surface area contributed by atoms with Gasteiger partial charge in [-0.1, -0.05) is 0 Å². The van der Waals surface area contributed by atoms with Crippen molar-refractivity contribution in [3.05, 3.63) is 30.1 Å². The molecule has 1 saturated heterocycles. The molecule has 0 spiro atoms. The Bertz CT molecular complexity index is 867. The van der Waals surface area contributed by atoms with Gasteiger partial charge in [0.05, 0.1) is 31.0 Å². The van der Waals surface area contributed by atoms with Crippen LogP contribution in [-0.4, -0.2) is 50.6 Å². The molecular formula is C17H20N6O. The third-order valence-electron chi connectivity index (χ3n) is 4.94. The summed E-state index contributed by atoms with van der Waals surface area (Å²) in [6.45, 7) is 4.55. The molecule has 1 atom stereocenters. The SMILES string of the molecule is CC1COCCN1c1cc(C2CC2)c2cnc(-c3ccn[nH]3)n2n1. The molecule has 2 aliphatic rings. The number of H-pyrrole nitrogens is 1. The molecule has 5 rings (SSSR count). The molecule has 1 saturated carbocycles. The number of imidazole rings is 1. The molecule has 1 aliphatic heterocycles. The maximum Gasteiger partial charge on any atom is 0.179 e. The van der Waals surface area contributed by atoms with Crippen LogP contribution in [0.1, 0.15) is 31.2 Å². The van der Waals surface area contributed by atoms with E-state index in [4.69, 9.17) is 9.84 Å². The van der Waals surface area contributed by atoms with Crippen molar-refractivity contribution in [3.8, 4) is 11.5 Å². The van der Waals surface area contributed by atoms with Crippen molar-refractivity contribution >= 4 is 11.3 Å². The van der Waals surface area contributed by atoms with Gasteiger partial charge in [-0.2, -0.15) is 5.10 Å². The second-order valence-electron chi connectivity index (χ2n) is 6.70. The van der Waals surface area contributed by atoms with Crippen molar-refractivity contribution in [2.24, 2.45) is 0 Å². The Morgan fingerprint density at radius 2 is 2.25 bits per heavy atom. The third kappa shape index (κ3) is 2.19. The Labute approximate surface area is 139 Å². The first kappa shape index (κ1) is 14.0. The average Bonchev–Trinajstić information content (AvgIpc) is 3.13. The van der Waals surface area contributed by atoms with Gasteiger partial charge in [0.15, 0.2) is 5.82 Å². The van der Waals surface area contributed by atoms with Crippen LogP contribution in [0.3, 0.4) is 0 Å². The van der Waals surface area contributed by atoms with Crippen molar-refractivity contribution in [1.82, 2.24) is 24.8 Å². The maximum atomic E-state index is 5.58. The highest BCUT2D eigenvalue weighted by Gasteiger charge is 2.30. The van der Waals surface area contributed by atoms with Crippen LogP contribution in [0, 0.1) is 0 Å². The normalized spacial score (nSPS) is 21.5. The number of aromatic amines is 1. The number of morpholine rings is 1. The van der Waals surface area contributed by atoms with Gasteiger partial charge in [-0.05, 0) is 43.4 Å². The molecule has 0 aromatic carbocycles. The zero-order valence-electron chi connectivity index (χ0n) is 13.6. The highest BCUT2D eigenvalue weighted by molar-refractivity contribution is 5.65. The minimum absolute atomic E-state index is 0.329. The molecule has 0 bridgehead atoms. The first-order valence-electron chi connectivity index (χ1n) is 8.54. The summed E-state index contributed by atoms with van der Waals surface area (Å²) in [5, 5.41) is 12.0. The van der Waals surface area contributed by atoms with Gasteiger partial charge in [-0.15, -0.1) is 5.10 Å². The molecule has 7 nitrogen and oxygen atoms in total. The lowest BCUT2D eigenvalue weighted by Gasteiger charge is -2.34. The molecule has 3 aromatic rings. The van der Waals surface area contributed by atoms with E-state index in [0.29, 0.717) is 12.0 Å². The highest BCUT2D eigenvalue weighted by Crippen LogP contribution is 2.43. The van der Waals surface area contributed by atoms with Crippen molar-refractivity contribution in [1.29, 1.82) is 0 Å². The van der Waals surface area contributed by atoms with Crippen molar-refractivity contribution in [3.63, 3.8) is 0 Å². The number of ether oxygens (including phenoxy) is 1. The molecule has 7 heteroatoms. The minimum Gasteiger partial charge on any atom is -0.377 e. The van der Waals surface area contributed by atoms with Crippen LogP contribution in [0.2, 0.25) is 0 Å². The maximum absolute atomic E-state index is 5.58. The number of rotatable bonds is 3. The highest BCUT2D eigenvalue weighted by atomic mass is 16.5. The molecule has 124 valence electrons. The fraction of sp³-hybridized carbons (Fsp3) is 0.471. The van der Waals surface area contributed by atoms with Crippen molar-refractivity contribution in [2.45, 2.75) is 31.7 Å². The summed E-state index contributed by atoms with van der Waals surface area (Å²) in [7, 11) is 0. The quantitative estimate of drug-likeness (QED) is 0.800. The van der Waals surface area contributed by atoms with E-state index in [9.17, 15) is 0 Å². The smallest absolute Gasteiger partial charge is 0.179 e. The number of hydrogen-bond donors (Lipinski definition) is 1. The summed E-state index contributed by atoms with van der Waals surface area (Å²) in [5.74, 6) is 2.46. The number of nitrogens with one attached hydrogen (secondary N) is 1. The summed E-state index contributed by atoms with van der Waals surface area (Å²) in [5.41, 5.74) is 3.35. The molecule has 0 radical (unpaired) electrons. The van der Waals surface area contributed by atoms with Crippen LogP contribution in [0.15, 0.2) is 24.5 Å². The van der Waals surface area contributed by atoms with E-state index in [0.717, 1.165) is 42.6 Å². The van der Waals surface area contributed by atoms with Crippen LogP contribution < -0.4 is 4.90 Å². The topological polar surface area (TPSA) is 71.3 Å². The fourth-order valence-corrected chi connectivity index (χ4v) is 3.48. The lowest BCUT2D eigenvalue weighted by atomic mass is 10.1. The largest absolute Gasteiger partial charge is 0.377 e. The Morgan fingerprint density at radius 3 is 3.00 bits per heavy atom. The van der Waals surface area contributed by atoms with E-state index < -0.39 is 0 Å². The monoisotopic (exact) mass is 324 g/mol. The van der Waals surface area contributed by atoms with Gasteiger partial charge in [0.1, 0.15) is 11.5 Å². The predicted molar refractivity (Wildman–Crippen MR) is 90.2 cm³/mol. The van der Waals surface area contributed by atoms with Crippen LogP contribution in [0.5, 0.6) is 0 Å². The number of nitrogens with zero attached hydrogens (tertiary/aromatic N) is 5. The zero-order valence-corrected chi connectivity index (χ0v) is 13.6. The van der Waals surface area contributed by atoms with Gasteiger partial charge < -0.3 is 9.64 Å². The van der Waals surface area contributed by atoms with Crippen LogP contribution in [0.4, 0.5) is 5.82 Å². The molecule has 1 N–H and O–H groups in total. The Balaban J connectivity index is 1.69. The summed E-state index contributed by atoms with van der Waals surface area (Å²) >= 11 is 0. The first-order valence-corrected chi connectivity index (χ1v) is 8.54. The number of hydrogen-bond acceptors (Lipinski definition) is 5. The van der Waals surface area contributed by atoms with E-state index in [1.165, 1.54) is 18.4 Å². The van der Waals surface area contributed by atoms with Gasteiger partial charge in [-0.25, -0.2) is 9.50 Å². The number of aromatic nitrogens is 5. The van der Waals surface area contributed by atoms with Crippen molar-refractivity contribution in [2.75, 3.05) is 24.7 Å². The summed E-state index contributed by atoms with van der Waals surface area (Å²) in [4.78, 5) is 6.94. The first-order chi connectivity index (χ1) is 11.8. The molecule has 0 amide bonds. The lowest BCUT2D eigenvalue weighted by Crippen LogP contribution is -2.44. The second-order valence-corrected chi connectivity index (χ2v) is 6.70. The Hall–Kier alpha value is -2.41. The van der Waals surface area contributed by atoms with E-state index in [-0.39, 0.29) is 0 Å².